The number of ether oxygens (including phenoxy) is 1. The Kier molecular flexibility index (Phi) is 6.20. The van der Waals surface area contributed by atoms with Crippen LogP contribution in [0.3, 0.4) is 0 Å². The molecule has 0 radical (unpaired) electrons. The summed E-state index contributed by atoms with van der Waals surface area (Å²) < 4.78 is 31.7. The van der Waals surface area contributed by atoms with Gasteiger partial charge in [-0.25, -0.2) is 13.1 Å². The molecule has 1 atom stereocenters. The number of methoxy groups -OCH3 is 1. The summed E-state index contributed by atoms with van der Waals surface area (Å²) in [6.07, 6.45) is 2.04. The molecule has 1 heterocycles. The van der Waals surface area contributed by atoms with Crippen LogP contribution in [0.1, 0.15) is 23.2 Å². The molecule has 0 spiro atoms. The van der Waals surface area contributed by atoms with Gasteiger partial charge in [-0.05, 0) is 57.6 Å². The van der Waals surface area contributed by atoms with E-state index in [9.17, 15) is 13.2 Å². The van der Waals surface area contributed by atoms with Crippen LogP contribution in [0.5, 0.6) is 5.75 Å². The molecule has 1 amide bonds. The monoisotopic (exact) mass is 355 g/mol. The fourth-order valence-electron chi connectivity index (χ4n) is 3.02. The Hall–Kier alpha value is -1.64. The number of carbonyl (C=O) groups is 1. The molecule has 1 fully saturated rings. The maximum Gasteiger partial charge on any atom is 0.253 e. The first-order chi connectivity index (χ1) is 11.4. The predicted molar refractivity (Wildman–Crippen MR) is 91.8 cm³/mol. The van der Waals surface area contributed by atoms with Crippen molar-refractivity contribution in [1.29, 1.82) is 0 Å². The molecule has 8 heteroatoms. The summed E-state index contributed by atoms with van der Waals surface area (Å²) in [6.45, 7) is 2.24. The molecule has 0 aromatic heterocycles. The van der Waals surface area contributed by atoms with Crippen LogP contribution in [0, 0.1) is 5.92 Å². The van der Waals surface area contributed by atoms with E-state index in [0.29, 0.717) is 24.6 Å². The Morgan fingerprint density at radius 3 is 2.75 bits per heavy atom. The van der Waals surface area contributed by atoms with Crippen LogP contribution in [-0.4, -0.2) is 60.1 Å². The maximum absolute atomic E-state index is 12.8. The van der Waals surface area contributed by atoms with Gasteiger partial charge in [0.25, 0.3) is 5.91 Å². The van der Waals surface area contributed by atoms with E-state index >= 15 is 0 Å². The first kappa shape index (κ1) is 18.7. The Balaban J connectivity index is 2.28. The first-order valence-electron chi connectivity index (χ1n) is 7.98. The molecule has 1 unspecified atom stereocenters. The van der Waals surface area contributed by atoms with Crippen molar-refractivity contribution >= 4 is 15.9 Å². The SMILES string of the molecule is CNCC1CCCN(C(=O)c2ccc(OC)c(S(=O)(=O)NC)c2)C1. The highest BCUT2D eigenvalue weighted by atomic mass is 32.2. The molecule has 1 aromatic rings. The number of hydrogen-bond acceptors (Lipinski definition) is 5. The minimum atomic E-state index is -3.70. The van der Waals surface area contributed by atoms with Crippen LogP contribution in [-0.2, 0) is 10.0 Å². The number of sulfonamides is 1. The van der Waals surface area contributed by atoms with Gasteiger partial charge in [-0.3, -0.25) is 4.79 Å². The second kappa shape index (κ2) is 7.96. The molecular formula is C16H25N3O4S. The van der Waals surface area contributed by atoms with Gasteiger partial charge in [0.05, 0.1) is 7.11 Å². The molecule has 1 aliphatic heterocycles. The van der Waals surface area contributed by atoms with Crippen LogP contribution in [0.25, 0.3) is 0 Å². The van der Waals surface area contributed by atoms with Gasteiger partial charge >= 0.3 is 0 Å². The molecule has 24 heavy (non-hydrogen) atoms. The zero-order valence-corrected chi connectivity index (χ0v) is 15.1. The zero-order valence-electron chi connectivity index (χ0n) is 14.3. The van der Waals surface area contributed by atoms with Gasteiger partial charge in [-0.2, -0.15) is 0 Å². The van der Waals surface area contributed by atoms with E-state index in [4.69, 9.17) is 4.74 Å². The lowest BCUT2D eigenvalue weighted by Gasteiger charge is -2.33. The van der Waals surface area contributed by atoms with Crippen molar-refractivity contribution < 1.29 is 17.9 Å². The molecule has 134 valence electrons. The molecule has 1 aromatic carbocycles. The molecule has 0 aliphatic carbocycles. The van der Waals surface area contributed by atoms with Crippen molar-refractivity contribution in [2.24, 2.45) is 5.92 Å². The van der Waals surface area contributed by atoms with Crippen LogP contribution < -0.4 is 14.8 Å². The van der Waals surface area contributed by atoms with Crippen molar-refractivity contribution in [1.82, 2.24) is 14.9 Å². The number of benzene rings is 1. The summed E-state index contributed by atoms with van der Waals surface area (Å²) in [7, 11) is 0.930. The summed E-state index contributed by atoms with van der Waals surface area (Å²) in [5.74, 6) is 0.491. The first-order valence-corrected chi connectivity index (χ1v) is 9.46. The topological polar surface area (TPSA) is 87.7 Å². The van der Waals surface area contributed by atoms with Gasteiger partial charge in [0.2, 0.25) is 10.0 Å². The summed E-state index contributed by atoms with van der Waals surface area (Å²) >= 11 is 0. The van der Waals surface area contributed by atoms with Crippen LogP contribution in [0.4, 0.5) is 0 Å². The number of amides is 1. The largest absolute Gasteiger partial charge is 0.495 e. The summed E-state index contributed by atoms with van der Waals surface area (Å²) in [5.41, 5.74) is 0.356. The average Bonchev–Trinajstić information content (AvgIpc) is 2.61. The van der Waals surface area contributed by atoms with Crippen LogP contribution >= 0.6 is 0 Å². The van der Waals surface area contributed by atoms with Gasteiger partial charge < -0.3 is 15.0 Å². The van der Waals surface area contributed by atoms with Crippen LogP contribution in [0.2, 0.25) is 0 Å². The third kappa shape index (κ3) is 4.06. The Morgan fingerprint density at radius 2 is 2.12 bits per heavy atom. The Labute approximate surface area is 143 Å². The maximum atomic E-state index is 12.8. The number of piperidine rings is 1. The normalized spacial score (nSPS) is 18.5. The minimum absolute atomic E-state index is 0.0258. The standard InChI is InChI=1S/C16H25N3O4S/c1-17-10-12-5-4-8-19(11-12)16(20)13-6-7-14(23-3)15(9-13)24(21,22)18-2/h6-7,9,12,17-18H,4-5,8,10-11H2,1-3H3. The van der Waals surface area contributed by atoms with Gasteiger partial charge in [-0.15, -0.1) is 0 Å². The number of hydrogen-bond donors (Lipinski definition) is 2. The third-order valence-electron chi connectivity index (χ3n) is 4.27. The van der Waals surface area contributed by atoms with E-state index in [-0.39, 0.29) is 16.6 Å². The lowest BCUT2D eigenvalue weighted by Crippen LogP contribution is -2.42. The highest BCUT2D eigenvalue weighted by Crippen LogP contribution is 2.26. The van der Waals surface area contributed by atoms with Crippen LogP contribution in [0.15, 0.2) is 23.1 Å². The second-order valence-corrected chi connectivity index (χ2v) is 7.75. The highest BCUT2D eigenvalue weighted by molar-refractivity contribution is 7.89. The number of rotatable bonds is 6. The molecule has 2 N–H and O–H groups in total. The fraction of sp³-hybridized carbons (Fsp3) is 0.562. The Morgan fingerprint density at radius 1 is 1.38 bits per heavy atom. The van der Waals surface area contributed by atoms with Gasteiger partial charge in [0.15, 0.2) is 0 Å². The minimum Gasteiger partial charge on any atom is -0.495 e. The molecular weight excluding hydrogens is 330 g/mol. The third-order valence-corrected chi connectivity index (χ3v) is 5.70. The number of carbonyl (C=O) groups excluding carboxylic acids is 1. The number of nitrogens with zero attached hydrogens (tertiary/aromatic N) is 1. The predicted octanol–water partition coefficient (Wildman–Crippen LogP) is 0.675. The lowest BCUT2D eigenvalue weighted by molar-refractivity contribution is 0.0674. The van der Waals surface area contributed by atoms with E-state index in [1.165, 1.54) is 26.3 Å². The van der Waals surface area contributed by atoms with Gasteiger partial charge in [0, 0.05) is 18.7 Å². The number of likely N-dealkylation sites (tertiary alicyclic amines) is 1. The van der Waals surface area contributed by atoms with Crippen molar-refractivity contribution in [2.75, 3.05) is 40.8 Å². The van der Waals surface area contributed by atoms with E-state index in [0.717, 1.165) is 19.4 Å². The van der Waals surface area contributed by atoms with Gasteiger partial charge in [-0.1, -0.05) is 0 Å². The zero-order chi connectivity index (χ0) is 17.7. The Bertz CT molecular complexity index is 689. The van der Waals surface area contributed by atoms with Crippen molar-refractivity contribution in [3.8, 4) is 5.75 Å². The quantitative estimate of drug-likeness (QED) is 0.783. The summed E-state index contributed by atoms with van der Waals surface area (Å²) in [5, 5.41) is 3.15. The average molecular weight is 355 g/mol. The fourth-order valence-corrected chi connectivity index (χ4v) is 3.94. The van der Waals surface area contributed by atoms with Gasteiger partial charge in [0.1, 0.15) is 10.6 Å². The van der Waals surface area contributed by atoms with E-state index in [1.807, 2.05) is 7.05 Å². The summed E-state index contributed by atoms with van der Waals surface area (Å²) in [4.78, 5) is 14.5. The highest BCUT2D eigenvalue weighted by Gasteiger charge is 2.26. The molecule has 1 aliphatic rings. The summed E-state index contributed by atoms with van der Waals surface area (Å²) in [6, 6.07) is 4.51. The molecule has 1 saturated heterocycles. The van der Waals surface area contributed by atoms with Crippen molar-refractivity contribution in [3.63, 3.8) is 0 Å². The molecule has 0 bridgehead atoms. The smallest absolute Gasteiger partial charge is 0.253 e. The molecule has 7 nitrogen and oxygen atoms in total. The van der Waals surface area contributed by atoms with E-state index in [1.54, 1.807) is 11.0 Å². The molecule has 0 saturated carbocycles. The van der Waals surface area contributed by atoms with Crippen molar-refractivity contribution in [2.45, 2.75) is 17.7 Å². The molecule has 2 rings (SSSR count). The van der Waals surface area contributed by atoms with E-state index in [2.05, 4.69) is 10.0 Å². The van der Waals surface area contributed by atoms with Crippen molar-refractivity contribution in [3.05, 3.63) is 23.8 Å². The number of nitrogens with one attached hydrogen (secondary N) is 2. The second-order valence-electron chi connectivity index (χ2n) is 5.89. The lowest BCUT2D eigenvalue weighted by atomic mass is 9.97. The van der Waals surface area contributed by atoms with E-state index < -0.39 is 10.0 Å².